The van der Waals surface area contributed by atoms with Gasteiger partial charge in [0.05, 0.1) is 22.0 Å². The second-order valence-electron chi connectivity index (χ2n) is 9.83. The van der Waals surface area contributed by atoms with Crippen LogP contribution < -0.4 is 21.1 Å². The summed E-state index contributed by atoms with van der Waals surface area (Å²) >= 11 is 0. The quantitative estimate of drug-likeness (QED) is 0.355. The van der Waals surface area contributed by atoms with E-state index in [0.717, 1.165) is 24.0 Å². The lowest BCUT2D eigenvalue weighted by Crippen LogP contribution is -2.33. The summed E-state index contributed by atoms with van der Waals surface area (Å²) < 4.78 is 35.5. The molecule has 212 valence electrons. The van der Waals surface area contributed by atoms with Crippen LogP contribution in [0.2, 0.25) is 0 Å². The molecule has 0 bridgehead atoms. The third kappa shape index (κ3) is 6.52. The first-order valence-electron chi connectivity index (χ1n) is 12.9. The van der Waals surface area contributed by atoms with E-state index in [2.05, 4.69) is 25.8 Å². The number of hydrogen-bond donors (Lipinski definition) is 3. The number of allylic oxidation sites excluding steroid dienone is 5. The van der Waals surface area contributed by atoms with Crippen LogP contribution in [0, 0.1) is 0 Å². The third-order valence-electron chi connectivity index (χ3n) is 6.41. The maximum absolute atomic E-state index is 12.5. The number of nitrogens with one attached hydrogen (secondary N) is 2. The molecule has 2 aromatic heterocycles. The average Bonchev–Trinajstić information content (AvgIpc) is 3.63. The lowest BCUT2D eigenvalue weighted by atomic mass is 10.0. The zero-order valence-electron chi connectivity index (χ0n) is 22.3. The van der Waals surface area contributed by atoms with Crippen molar-refractivity contribution in [3.05, 3.63) is 72.2 Å². The largest absolute Gasteiger partial charge is 0.411 e. The minimum absolute atomic E-state index is 0.0887. The number of carbonyl (C=O) groups is 2. The van der Waals surface area contributed by atoms with Crippen LogP contribution in [-0.2, 0) is 9.84 Å². The highest BCUT2D eigenvalue weighted by molar-refractivity contribution is 7.92. The van der Waals surface area contributed by atoms with Crippen molar-refractivity contribution in [1.29, 1.82) is 0 Å². The number of ether oxygens (including phenoxy) is 1. The van der Waals surface area contributed by atoms with Crippen LogP contribution in [-0.4, -0.2) is 47.0 Å². The summed E-state index contributed by atoms with van der Waals surface area (Å²) in [4.78, 5) is 32.3. The Morgan fingerprint density at radius 3 is 2.54 bits per heavy atom. The highest BCUT2D eigenvalue weighted by Crippen LogP contribution is 2.33. The Balaban J connectivity index is 1.37. The first-order chi connectivity index (χ1) is 19.6. The lowest BCUT2D eigenvalue weighted by Gasteiger charge is -2.10. The highest BCUT2D eigenvalue weighted by atomic mass is 32.2. The molecular formula is C28H28N6O6S. The fourth-order valence-corrected chi connectivity index (χ4v) is 4.99. The Hall–Kier alpha value is -4.78. The van der Waals surface area contributed by atoms with Gasteiger partial charge < -0.3 is 25.6 Å². The van der Waals surface area contributed by atoms with Gasteiger partial charge in [0, 0.05) is 29.4 Å². The summed E-state index contributed by atoms with van der Waals surface area (Å²) in [5.74, 6) is 0.00977. The van der Waals surface area contributed by atoms with Crippen molar-refractivity contribution in [2.45, 2.75) is 49.3 Å². The predicted octanol–water partition coefficient (Wildman–Crippen LogP) is 4.13. The van der Waals surface area contributed by atoms with Crippen molar-refractivity contribution < 1.29 is 27.3 Å². The fourth-order valence-electron chi connectivity index (χ4n) is 3.93. The van der Waals surface area contributed by atoms with Gasteiger partial charge >= 0.3 is 12.1 Å². The van der Waals surface area contributed by atoms with Crippen molar-refractivity contribution in [3.8, 4) is 28.6 Å². The van der Waals surface area contributed by atoms with E-state index in [1.165, 1.54) is 18.3 Å². The number of rotatable bonds is 8. The molecule has 4 N–H and O–H groups in total. The van der Waals surface area contributed by atoms with Crippen LogP contribution in [0.4, 0.5) is 9.59 Å². The van der Waals surface area contributed by atoms with Gasteiger partial charge in [-0.25, -0.2) is 28.0 Å². The van der Waals surface area contributed by atoms with Crippen LogP contribution in [0.5, 0.6) is 5.88 Å². The number of aromatic nitrogens is 3. The van der Waals surface area contributed by atoms with Crippen LogP contribution in [0.25, 0.3) is 28.3 Å². The monoisotopic (exact) mass is 576 g/mol. The minimum atomic E-state index is -3.43. The Morgan fingerprint density at radius 2 is 1.90 bits per heavy atom. The molecule has 3 aromatic rings. The van der Waals surface area contributed by atoms with Crippen molar-refractivity contribution >= 4 is 27.5 Å². The summed E-state index contributed by atoms with van der Waals surface area (Å²) in [5.41, 5.74) is 8.48. The predicted molar refractivity (Wildman–Crippen MR) is 150 cm³/mol. The standard InChI is InChI=1S/C28H28N6O6S/c1-16(2)41(37,38)21-11-7-19(8-12-21)23-15-30-26(39-27(29)35)25(33-23)24-13-22(34-40-24)18-5-3-17(4-6-18)14-31-28(36)32-20-9-10-20/h3,5-8,11-16,20H,4,9-10H2,1-2H3,(H2,29,35)(H2,31,32,36). The van der Waals surface area contributed by atoms with Crippen molar-refractivity contribution in [2.75, 3.05) is 0 Å². The summed E-state index contributed by atoms with van der Waals surface area (Å²) in [6, 6.07) is 7.94. The maximum Gasteiger partial charge on any atom is 0.411 e. The number of sulfone groups is 1. The molecule has 0 unspecified atom stereocenters. The molecule has 0 atom stereocenters. The molecule has 41 heavy (non-hydrogen) atoms. The van der Waals surface area contributed by atoms with Gasteiger partial charge in [-0.15, -0.1) is 0 Å². The normalized spacial score (nSPS) is 16.0. The number of primary amides is 1. The molecule has 5 rings (SSSR count). The second kappa shape index (κ2) is 11.4. The van der Waals surface area contributed by atoms with E-state index in [0.29, 0.717) is 23.4 Å². The van der Waals surface area contributed by atoms with Gasteiger partial charge in [-0.2, -0.15) is 0 Å². The van der Waals surface area contributed by atoms with E-state index >= 15 is 0 Å². The number of nitrogens with zero attached hydrogens (tertiary/aromatic N) is 3. The second-order valence-corrected chi connectivity index (χ2v) is 12.3. The number of nitrogens with two attached hydrogens (primary N) is 1. The van der Waals surface area contributed by atoms with Crippen molar-refractivity contribution in [1.82, 2.24) is 25.8 Å². The van der Waals surface area contributed by atoms with E-state index in [1.54, 1.807) is 38.2 Å². The van der Waals surface area contributed by atoms with Gasteiger partial charge in [-0.1, -0.05) is 35.5 Å². The zero-order valence-corrected chi connectivity index (χ0v) is 23.1. The summed E-state index contributed by atoms with van der Waals surface area (Å²) in [6.07, 6.45) is 10.2. The Labute approximate surface area is 236 Å². The summed E-state index contributed by atoms with van der Waals surface area (Å²) in [7, 11) is -3.43. The molecule has 0 radical (unpaired) electrons. The first kappa shape index (κ1) is 27.8. The molecule has 3 amide bonds. The topological polar surface area (TPSA) is 179 Å². The number of amides is 3. The van der Waals surface area contributed by atoms with E-state index < -0.39 is 21.2 Å². The van der Waals surface area contributed by atoms with E-state index in [4.69, 9.17) is 15.0 Å². The Morgan fingerprint density at radius 1 is 1.15 bits per heavy atom. The van der Waals surface area contributed by atoms with Gasteiger partial charge in [-0.3, -0.25) is 0 Å². The number of benzene rings is 1. The molecule has 2 aliphatic rings. The summed E-state index contributed by atoms with van der Waals surface area (Å²) in [5, 5.41) is 9.17. The van der Waals surface area contributed by atoms with E-state index in [1.807, 2.05) is 18.2 Å². The summed E-state index contributed by atoms with van der Waals surface area (Å²) in [6.45, 7) is 3.24. The number of urea groups is 1. The fraction of sp³-hybridized carbons (Fsp3) is 0.250. The third-order valence-corrected chi connectivity index (χ3v) is 8.58. The van der Waals surface area contributed by atoms with Gasteiger partial charge in [0.15, 0.2) is 21.3 Å². The maximum atomic E-state index is 12.5. The number of hydrogen-bond acceptors (Lipinski definition) is 9. The molecule has 1 saturated carbocycles. The smallest absolute Gasteiger partial charge is 0.389 e. The number of carbonyl (C=O) groups excluding carboxylic acids is 2. The molecule has 2 aliphatic carbocycles. The van der Waals surface area contributed by atoms with Crippen LogP contribution in [0.3, 0.4) is 0 Å². The first-order valence-corrected chi connectivity index (χ1v) is 14.4. The molecule has 2 heterocycles. The van der Waals surface area contributed by atoms with E-state index in [-0.39, 0.29) is 34.3 Å². The van der Waals surface area contributed by atoms with Crippen LogP contribution in [0.1, 0.15) is 38.8 Å². The molecular weight excluding hydrogens is 548 g/mol. The highest BCUT2D eigenvalue weighted by Gasteiger charge is 2.23. The van der Waals surface area contributed by atoms with Gasteiger partial charge in [0.2, 0.25) is 0 Å². The molecule has 1 fully saturated rings. The molecule has 0 saturated heterocycles. The molecule has 1 aromatic carbocycles. The van der Waals surface area contributed by atoms with E-state index in [9.17, 15) is 18.0 Å². The average molecular weight is 577 g/mol. The molecule has 0 aliphatic heterocycles. The van der Waals surface area contributed by atoms with Crippen LogP contribution in [0.15, 0.2) is 75.9 Å². The minimum Gasteiger partial charge on any atom is -0.389 e. The van der Waals surface area contributed by atoms with Crippen molar-refractivity contribution in [2.24, 2.45) is 5.73 Å². The molecule has 13 heteroatoms. The van der Waals surface area contributed by atoms with Gasteiger partial charge in [-0.05, 0) is 50.8 Å². The SMILES string of the molecule is CC(C)S(=O)(=O)c1ccc(-c2cnc(OC(N)=O)c(-c3cc(C4=CCC(=CNC(=O)NC5CC5)C=C4)no3)n2)cc1. The Bertz CT molecular complexity index is 1680. The van der Waals surface area contributed by atoms with Gasteiger partial charge in [0.1, 0.15) is 5.69 Å². The van der Waals surface area contributed by atoms with Crippen molar-refractivity contribution in [3.63, 3.8) is 0 Å². The zero-order chi connectivity index (χ0) is 29.1. The molecule has 12 nitrogen and oxygen atoms in total. The lowest BCUT2D eigenvalue weighted by molar-refractivity contribution is 0.209. The van der Waals surface area contributed by atoms with Gasteiger partial charge in [0.25, 0.3) is 5.88 Å². The van der Waals surface area contributed by atoms with Crippen LogP contribution >= 0.6 is 0 Å². The Kier molecular flexibility index (Phi) is 7.70. The molecule has 0 spiro atoms.